The number of benzene rings is 2. The van der Waals surface area contributed by atoms with Gasteiger partial charge in [0.1, 0.15) is 0 Å². The van der Waals surface area contributed by atoms with Crippen LogP contribution in [0.1, 0.15) is 23.6 Å². The van der Waals surface area contributed by atoms with Crippen LogP contribution in [0.25, 0.3) is 10.9 Å². The van der Waals surface area contributed by atoms with Crippen LogP contribution in [-0.4, -0.2) is 4.98 Å². The maximum absolute atomic E-state index is 3.43. The maximum atomic E-state index is 3.43. The zero-order chi connectivity index (χ0) is 12.4. The first-order valence-corrected chi connectivity index (χ1v) is 6.50. The Morgan fingerprint density at radius 2 is 1.72 bits per heavy atom. The SMILES string of the molecule is CCc1cccc2c(Cc3ccccc3)c[nH]c12. The Morgan fingerprint density at radius 3 is 2.50 bits per heavy atom. The average Bonchev–Trinajstić information content (AvgIpc) is 2.83. The highest BCUT2D eigenvalue weighted by Gasteiger charge is 2.06. The number of H-pyrrole nitrogens is 1. The summed E-state index contributed by atoms with van der Waals surface area (Å²) in [7, 11) is 0. The number of fused-ring (bicyclic) bond motifs is 1. The molecule has 1 heteroatoms. The molecule has 0 fully saturated rings. The number of para-hydroxylation sites is 1. The maximum Gasteiger partial charge on any atom is 0.0489 e. The van der Waals surface area contributed by atoms with Gasteiger partial charge in [-0.05, 0) is 29.5 Å². The first-order chi connectivity index (χ1) is 8.88. The van der Waals surface area contributed by atoms with E-state index in [0.717, 1.165) is 12.8 Å². The molecule has 0 spiro atoms. The third-order valence-electron chi connectivity index (χ3n) is 3.51. The minimum Gasteiger partial charge on any atom is -0.361 e. The summed E-state index contributed by atoms with van der Waals surface area (Å²) in [5.74, 6) is 0. The van der Waals surface area contributed by atoms with Gasteiger partial charge in [0.15, 0.2) is 0 Å². The van der Waals surface area contributed by atoms with Gasteiger partial charge in [0.25, 0.3) is 0 Å². The van der Waals surface area contributed by atoms with Crippen molar-refractivity contribution in [3.63, 3.8) is 0 Å². The number of hydrogen-bond acceptors (Lipinski definition) is 0. The molecule has 3 aromatic rings. The summed E-state index contributed by atoms with van der Waals surface area (Å²) in [4.78, 5) is 3.43. The van der Waals surface area contributed by atoms with Crippen LogP contribution in [0, 0.1) is 0 Å². The molecule has 0 saturated carbocycles. The molecule has 0 saturated heterocycles. The van der Waals surface area contributed by atoms with Crippen molar-refractivity contribution in [3.05, 3.63) is 71.4 Å². The number of hydrogen-bond donors (Lipinski definition) is 1. The molecule has 3 rings (SSSR count). The first-order valence-electron chi connectivity index (χ1n) is 6.50. The quantitative estimate of drug-likeness (QED) is 0.696. The van der Waals surface area contributed by atoms with Crippen molar-refractivity contribution in [1.82, 2.24) is 4.98 Å². The Hall–Kier alpha value is -2.02. The summed E-state index contributed by atoms with van der Waals surface area (Å²) >= 11 is 0. The summed E-state index contributed by atoms with van der Waals surface area (Å²) in [6.45, 7) is 2.20. The summed E-state index contributed by atoms with van der Waals surface area (Å²) in [6.07, 6.45) is 4.22. The van der Waals surface area contributed by atoms with Gasteiger partial charge in [-0.25, -0.2) is 0 Å². The largest absolute Gasteiger partial charge is 0.361 e. The molecule has 1 heterocycles. The molecule has 0 atom stereocenters. The Balaban J connectivity index is 2.03. The minimum atomic E-state index is 0.994. The highest BCUT2D eigenvalue weighted by atomic mass is 14.7. The molecule has 0 amide bonds. The first kappa shape index (κ1) is 11.1. The van der Waals surface area contributed by atoms with E-state index in [2.05, 4.69) is 66.6 Å². The second-order valence-corrected chi connectivity index (χ2v) is 4.67. The van der Waals surface area contributed by atoms with Crippen molar-refractivity contribution in [1.29, 1.82) is 0 Å². The van der Waals surface area contributed by atoms with Gasteiger partial charge in [-0.1, -0.05) is 55.5 Å². The van der Waals surface area contributed by atoms with E-state index in [-0.39, 0.29) is 0 Å². The van der Waals surface area contributed by atoms with Gasteiger partial charge < -0.3 is 4.98 Å². The summed E-state index contributed by atoms with van der Waals surface area (Å²) < 4.78 is 0. The van der Waals surface area contributed by atoms with Gasteiger partial charge in [-0.15, -0.1) is 0 Å². The molecule has 0 aliphatic heterocycles. The van der Waals surface area contributed by atoms with Crippen molar-refractivity contribution in [2.75, 3.05) is 0 Å². The predicted molar refractivity (Wildman–Crippen MR) is 76.9 cm³/mol. The van der Waals surface area contributed by atoms with Crippen LogP contribution in [0.3, 0.4) is 0 Å². The van der Waals surface area contributed by atoms with Gasteiger partial charge >= 0.3 is 0 Å². The molecular formula is C17H17N. The molecule has 0 aliphatic rings. The van der Waals surface area contributed by atoms with Crippen molar-refractivity contribution in [2.24, 2.45) is 0 Å². The lowest BCUT2D eigenvalue weighted by Crippen LogP contribution is -1.86. The van der Waals surface area contributed by atoms with Crippen molar-refractivity contribution in [2.45, 2.75) is 19.8 Å². The number of nitrogens with one attached hydrogen (secondary N) is 1. The van der Waals surface area contributed by atoms with E-state index < -0.39 is 0 Å². The number of aromatic amines is 1. The Labute approximate surface area is 107 Å². The molecule has 18 heavy (non-hydrogen) atoms. The summed E-state index contributed by atoms with van der Waals surface area (Å²) in [6, 6.07) is 17.2. The summed E-state index contributed by atoms with van der Waals surface area (Å²) in [5, 5.41) is 1.36. The molecule has 0 aliphatic carbocycles. The normalized spacial score (nSPS) is 10.9. The molecule has 2 aromatic carbocycles. The third kappa shape index (κ3) is 1.92. The molecule has 0 unspecified atom stereocenters. The fourth-order valence-corrected chi connectivity index (χ4v) is 2.53. The second kappa shape index (κ2) is 4.69. The van der Waals surface area contributed by atoms with Gasteiger partial charge in [-0.2, -0.15) is 0 Å². The van der Waals surface area contributed by atoms with Gasteiger partial charge in [0.2, 0.25) is 0 Å². The molecule has 1 N–H and O–H groups in total. The average molecular weight is 235 g/mol. The molecule has 0 radical (unpaired) electrons. The second-order valence-electron chi connectivity index (χ2n) is 4.67. The fraction of sp³-hybridized carbons (Fsp3) is 0.176. The highest BCUT2D eigenvalue weighted by Crippen LogP contribution is 2.24. The van der Waals surface area contributed by atoms with Crippen LogP contribution in [0.4, 0.5) is 0 Å². The topological polar surface area (TPSA) is 15.8 Å². The smallest absolute Gasteiger partial charge is 0.0489 e. The van der Waals surface area contributed by atoms with E-state index in [4.69, 9.17) is 0 Å². The predicted octanol–water partition coefficient (Wildman–Crippen LogP) is 4.32. The van der Waals surface area contributed by atoms with E-state index in [1.54, 1.807) is 0 Å². The number of aryl methyl sites for hydroxylation is 1. The van der Waals surface area contributed by atoms with E-state index in [0.29, 0.717) is 0 Å². The molecule has 1 nitrogen and oxygen atoms in total. The van der Waals surface area contributed by atoms with Crippen LogP contribution in [0.15, 0.2) is 54.7 Å². The van der Waals surface area contributed by atoms with Gasteiger partial charge in [0.05, 0.1) is 0 Å². The summed E-state index contributed by atoms with van der Waals surface area (Å²) in [5.41, 5.74) is 5.43. The standard InChI is InChI=1S/C17H17N/c1-2-14-9-6-10-16-15(12-18-17(14)16)11-13-7-4-3-5-8-13/h3-10,12,18H,2,11H2,1H3. The van der Waals surface area contributed by atoms with Crippen LogP contribution in [-0.2, 0) is 12.8 Å². The van der Waals surface area contributed by atoms with E-state index in [1.807, 2.05) is 0 Å². The van der Waals surface area contributed by atoms with E-state index >= 15 is 0 Å². The zero-order valence-corrected chi connectivity index (χ0v) is 10.6. The van der Waals surface area contributed by atoms with Crippen LogP contribution < -0.4 is 0 Å². The highest BCUT2D eigenvalue weighted by molar-refractivity contribution is 5.86. The number of aromatic nitrogens is 1. The lowest BCUT2D eigenvalue weighted by molar-refractivity contribution is 1.15. The molecule has 1 aromatic heterocycles. The number of rotatable bonds is 3. The van der Waals surface area contributed by atoms with Gasteiger partial charge in [-0.3, -0.25) is 0 Å². The molecule has 90 valence electrons. The Kier molecular flexibility index (Phi) is 2.89. The lowest BCUT2D eigenvalue weighted by atomic mass is 10.0. The Morgan fingerprint density at radius 1 is 0.889 bits per heavy atom. The van der Waals surface area contributed by atoms with Crippen molar-refractivity contribution >= 4 is 10.9 Å². The fourth-order valence-electron chi connectivity index (χ4n) is 2.53. The van der Waals surface area contributed by atoms with Crippen molar-refractivity contribution in [3.8, 4) is 0 Å². The van der Waals surface area contributed by atoms with E-state index in [1.165, 1.54) is 27.6 Å². The van der Waals surface area contributed by atoms with Crippen LogP contribution in [0.5, 0.6) is 0 Å². The molecular weight excluding hydrogens is 218 g/mol. The van der Waals surface area contributed by atoms with Gasteiger partial charge in [0, 0.05) is 17.1 Å². The monoisotopic (exact) mass is 235 g/mol. The molecule has 0 bridgehead atoms. The lowest BCUT2D eigenvalue weighted by Gasteiger charge is -2.02. The van der Waals surface area contributed by atoms with E-state index in [9.17, 15) is 0 Å². The van der Waals surface area contributed by atoms with Crippen LogP contribution >= 0.6 is 0 Å². The minimum absolute atomic E-state index is 0.994. The van der Waals surface area contributed by atoms with Crippen molar-refractivity contribution < 1.29 is 0 Å². The zero-order valence-electron chi connectivity index (χ0n) is 10.6. The Bertz CT molecular complexity index is 650. The van der Waals surface area contributed by atoms with Crippen LogP contribution in [0.2, 0.25) is 0 Å². The third-order valence-corrected chi connectivity index (χ3v) is 3.51.